The van der Waals surface area contributed by atoms with Gasteiger partial charge in [-0.15, -0.1) is 0 Å². The van der Waals surface area contributed by atoms with Crippen LogP contribution in [0.5, 0.6) is 0 Å². The van der Waals surface area contributed by atoms with E-state index in [1.54, 1.807) is 7.11 Å². The van der Waals surface area contributed by atoms with Crippen LogP contribution in [0.15, 0.2) is 0 Å². The molecule has 0 bridgehead atoms. The predicted molar refractivity (Wildman–Crippen MR) is 48.1 cm³/mol. The van der Waals surface area contributed by atoms with Gasteiger partial charge >= 0.3 is 0 Å². The van der Waals surface area contributed by atoms with E-state index < -0.39 is 0 Å². The molecule has 1 rings (SSSR count). The molecular formula is C9H19NO2. The number of rotatable bonds is 4. The van der Waals surface area contributed by atoms with Gasteiger partial charge in [-0.05, 0) is 26.2 Å². The van der Waals surface area contributed by atoms with Crippen LogP contribution in [-0.2, 0) is 4.74 Å². The predicted octanol–water partition coefficient (Wildman–Crippen LogP) is 0.524. The lowest BCUT2D eigenvalue weighted by atomic mass is 10.2. The summed E-state index contributed by atoms with van der Waals surface area (Å²) in [5, 5.41) is 12.8. The van der Waals surface area contributed by atoms with Gasteiger partial charge in [-0.2, -0.15) is 0 Å². The lowest BCUT2D eigenvalue weighted by Gasteiger charge is -2.18. The molecular weight excluding hydrogens is 154 g/mol. The van der Waals surface area contributed by atoms with Crippen LogP contribution in [0.25, 0.3) is 0 Å². The van der Waals surface area contributed by atoms with E-state index in [1.165, 1.54) is 0 Å². The minimum Gasteiger partial charge on any atom is -0.392 e. The van der Waals surface area contributed by atoms with Gasteiger partial charge in [0.05, 0.1) is 12.2 Å². The van der Waals surface area contributed by atoms with Gasteiger partial charge in [0.1, 0.15) is 0 Å². The standard InChI is InChI=1S/C9H19NO2/c1-7(12-2)6-10-8-4-3-5-9(8)11/h7-11H,3-6H2,1-2H3/t7?,8-,9-/m0/s1. The molecule has 1 saturated carbocycles. The highest BCUT2D eigenvalue weighted by molar-refractivity contribution is 4.82. The van der Waals surface area contributed by atoms with Crippen molar-refractivity contribution in [2.24, 2.45) is 0 Å². The Morgan fingerprint density at radius 2 is 2.33 bits per heavy atom. The maximum Gasteiger partial charge on any atom is 0.0693 e. The van der Waals surface area contributed by atoms with Crippen molar-refractivity contribution < 1.29 is 9.84 Å². The Labute approximate surface area is 74.1 Å². The minimum absolute atomic E-state index is 0.144. The van der Waals surface area contributed by atoms with Crippen LogP contribution in [0.3, 0.4) is 0 Å². The zero-order valence-corrected chi connectivity index (χ0v) is 7.92. The van der Waals surface area contributed by atoms with Crippen molar-refractivity contribution in [3.63, 3.8) is 0 Å². The van der Waals surface area contributed by atoms with Crippen molar-refractivity contribution in [2.45, 2.75) is 44.4 Å². The van der Waals surface area contributed by atoms with Gasteiger partial charge in [-0.3, -0.25) is 0 Å². The molecule has 0 heterocycles. The fourth-order valence-corrected chi connectivity index (χ4v) is 1.58. The van der Waals surface area contributed by atoms with Gasteiger partial charge in [0.25, 0.3) is 0 Å². The van der Waals surface area contributed by atoms with Crippen LogP contribution in [-0.4, -0.2) is 37.0 Å². The molecule has 0 aromatic rings. The molecule has 0 saturated heterocycles. The summed E-state index contributed by atoms with van der Waals surface area (Å²) in [6.07, 6.45) is 3.27. The van der Waals surface area contributed by atoms with Crippen molar-refractivity contribution in [1.29, 1.82) is 0 Å². The monoisotopic (exact) mass is 173 g/mol. The molecule has 72 valence electrons. The molecule has 3 heteroatoms. The van der Waals surface area contributed by atoms with Crippen molar-refractivity contribution in [2.75, 3.05) is 13.7 Å². The van der Waals surface area contributed by atoms with Gasteiger partial charge in [-0.1, -0.05) is 0 Å². The number of nitrogens with one attached hydrogen (secondary N) is 1. The Morgan fingerprint density at radius 1 is 1.58 bits per heavy atom. The molecule has 0 aliphatic heterocycles. The summed E-state index contributed by atoms with van der Waals surface area (Å²) in [7, 11) is 1.71. The van der Waals surface area contributed by atoms with Gasteiger partial charge in [0.15, 0.2) is 0 Å². The molecule has 1 aliphatic rings. The Morgan fingerprint density at radius 3 is 2.83 bits per heavy atom. The molecule has 1 unspecified atom stereocenters. The SMILES string of the molecule is COC(C)CN[C@H]1CCC[C@@H]1O. The number of hydrogen-bond acceptors (Lipinski definition) is 3. The first-order chi connectivity index (χ1) is 5.74. The summed E-state index contributed by atoms with van der Waals surface area (Å²) in [6.45, 7) is 2.85. The van der Waals surface area contributed by atoms with Crippen LogP contribution in [0.2, 0.25) is 0 Å². The first-order valence-corrected chi connectivity index (χ1v) is 4.68. The Bertz CT molecular complexity index is 130. The first kappa shape index (κ1) is 9.96. The second-order valence-corrected chi connectivity index (χ2v) is 3.56. The number of aliphatic hydroxyl groups is 1. The molecule has 0 amide bonds. The zero-order valence-electron chi connectivity index (χ0n) is 7.92. The van der Waals surface area contributed by atoms with Crippen LogP contribution < -0.4 is 5.32 Å². The average molecular weight is 173 g/mol. The highest BCUT2D eigenvalue weighted by Crippen LogP contribution is 2.18. The Kier molecular flexibility index (Phi) is 3.98. The van der Waals surface area contributed by atoms with E-state index in [0.29, 0.717) is 6.04 Å². The van der Waals surface area contributed by atoms with E-state index in [4.69, 9.17) is 4.74 Å². The molecule has 0 spiro atoms. The lowest BCUT2D eigenvalue weighted by molar-refractivity contribution is 0.0997. The van der Waals surface area contributed by atoms with Crippen molar-refractivity contribution in [1.82, 2.24) is 5.32 Å². The lowest BCUT2D eigenvalue weighted by Crippen LogP contribution is -2.39. The molecule has 0 radical (unpaired) electrons. The molecule has 3 nitrogen and oxygen atoms in total. The summed E-state index contributed by atoms with van der Waals surface area (Å²) >= 11 is 0. The number of methoxy groups -OCH3 is 1. The smallest absolute Gasteiger partial charge is 0.0693 e. The molecule has 3 atom stereocenters. The highest BCUT2D eigenvalue weighted by atomic mass is 16.5. The molecule has 12 heavy (non-hydrogen) atoms. The molecule has 0 aromatic carbocycles. The number of aliphatic hydroxyl groups excluding tert-OH is 1. The highest BCUT2D eigenvalue weighted by Gasteiger charge is 2.24. The third kappa shape index (κ3) is 2.73. The maximum absolute atomic E-state index is 9.47. The fourth-order valence-electron chi connectivity index (χ4n) is 1.58. The largest absolute Gasteiger partial charge is 0.392 e. The zero-order chi connectivity index (χ0) is 8.97. The van der Waals surface area contributed by atoms with E-state index in [0.717, 1.165) is 25.8 Å². The normalized spacial score (nSPS) is 32.2. The Hall–Kier alpha value is -0.120. The molecule has 1 fully saturated rings. The second kappa shape index (κ2) is 4.80. The van der Waals surface area contributed by atoms with Gasteiger partial charge in [0, 0.05) is 19.7 Å². The minimum atomic E-state index is -0.144. The number of hydrogen-bond donors (Lipinski definition) is 2. The third-order valence-corrected chi connectivity index (χ3v) is 2.55. The summed E-state index contributed by atoms with van der Waals surface area (Å²) in [6, 6.07) is 0.294. The van der Waals surface area contributed by atoms with E-state index in [-0.39, 0.29) is 12.2 Å². The van der Waals surface area contributed by atoms with Gasteiger partial charge < -0.3 is 15.2 Å². The first-order valence-electron chi connectivity index (χ1n) is 4.68. The molecule has 1 aliphatic carbocycles. The van der Waals surface area contributed by atoms with E-state index in [2.05, 4.69) is 5.32 Å². The van der Waals surface area contributed by atoms with Crippen LogP contribution >= 0.6 is 0 Å². The van der Waals surface area contributed by atoms with E-state index in [9.17, 15) is 5.11 Å². The quantitative estimate of drug-likeness (QED) is 0.651. The molecule has 2 N–H and O–H groups in total. The van der Waals surface area contributed by atoms with Crippen molar-refractivity contribution in [3.05, 3.63) is 0 Å². The summed E-state index contributed by atoms with van der Waals surface area (Å²) in [5.74, 6) is 0. The van der Waals surface area contributed by atoms with Crippen molar-refractivity contribution >= 4 is 0 Å². The van der Waals surface area contributed by atoms with Gasteiger partial charge in [0.2, 0.25) is 0 Å². The van der Waals surface area contributed by atoms with Crippen LogP contribution in [0.4, 0.5) is 0 Å². The summed E-state index contributed by atoms with van der Waals surface area (Å²) in [5.41, 5.74) is 0. The Balaban J connectivity index is 2.13. The maximum atomic E-state index is 9.47. The summed E-state index contributed by atoms with van der Waals surface area (Å²) < 4.78 is 5.10. The van der Waals surface area contributed by atoms with Crippen LogP contribution in [0.1, 0.15) is 26.2 Å². The van der Waals surface area contributed by atoms with Crippen molar-refractivity contribution in [3.8, 4) is 0 Å². The third-order valence-electron chi connectivity index (χ3n) is 2.55. The summed E-state index contributed by atoms with van der Waals surface area (Å²) in [4.78, 5) is 0. The average Bonchev–Trinajstić information content (AvgIpc) is 2.47. The van der Waals surface area contributed by atoms with E-state index >= 15 is 0 Å². The van der Waals surface area contributed by atoms with E-state index in [1.807, 2.05) is 6.92 Å². The topological polar surface area (TPSA) is 41.5 Å². The number of ether oxygens (including phenoxy) is 1. The fraction of sp³-hybridized carbons (Fsp3) is 1.00. The second-order valence-electron chi connectivity index (χ2n) is 3.56. The molecule has 0 aromatic heterocycles. The van der Waals surface area contributed by atoms with Crippen LogP contribution in [0, 0.1) is 0 Å². The van der Waals surface area contributed by atoms with Gasteiger partial charge in [-0.25, -0.2) is 0 Å².